The smallest absolute Gasteiger partial charge is 0.465 e. The first-order valence-corrected chi connectivity index (χ1v) is 36.5. The maximum Gasteiger partial charge on any atom is 0.507 e. The highest BCUT2D eigenvalue weighted by atomic mass is 16.7. The molecule has 0 heterocycles. The van der Waals surface area contributed by atoms with E-state index in [0.717, 1.165) is 38.5 Å². The number of methoxy groups -OCH3 is 3. The van der Waals surface area contributed by atoms with E-state index in [1.807, 2.05) is 0 Å². The quantitative estimate of drug-likeness (QED) is 0.0251. The minimum Gasteiger partial charge on any atom is -0.465 e. The van der Waals surface area contributed by atoms with Crippen LogP contribution in [-0.4, -0.2) is 120 Å². The molecule has 89 heavy (non-hydrogen) atoms. The van der Waals surface area contributed by atoms with Crippen LogP contribution in [0.1, 0.15) is 356 Å². The van der Waals surface area contributed by atoms with Gasteiger partial charge in [-0.25, -0.2) is 4.79 Å². The van der Waals surface area contributed by atoms with Crippen molar-refractivity contribution in [2.45, 2.75) is 368 Å². The summed E-state index contributed by atoms with van der Waals surface area (Å²) in [6.45, 7) is 12.6. The molecular formula is C73H144O16. The Hall–Kier alpha value is -3.05. The summed E-state index contributed by atoms with van der Waals surface area (Å²) in [6.07, 6.45) is 59.8. The molecule has 0 bridgehead atoms. The van der Waals surface area contributed by atoms with Gasteiger partial charge in [-0.3, -0.25) is 19.2 Å². The fourth-order valence-electron chi connectivity index (χ4n) is 9.62. The Labute approximate surface area is 546 Å². The Morgan fingerprint density at radius 1 is 0.360 bits per heavy atom. The minimum atomic E-state index is -0.954. The Kier molecular flexibility index (Phi) is 84.1. The van der Waals surface area contributed by atoms with Crippen molar-refractivity contribution >= 4 is 30.0 Å². The molecule has 0 spiro atoms. The van der Waals surface area contributed by atoms with Gasteiger partial charge >= 0.3 is 30.0 Å². The van der Waals surface area contributed by atoms with Crippen LogP contribution < -0.4 is 0 Å². The van der Waals surface area contributed by atoms with E-state index >= 15 is 0 Å². The van der Waals surface area contributed by atoms with Crippen LogP contribution in [-0.2, 0) is 61.8 Å². The summed E-state index contributed by atoms with van der Waals surface area (Å²) >= 11 is 0. The average Bonchev–Trinajstić information content (AvgIpc) is 3.60. The second kappa shape index (κ2) is 81.0. The monoisotopic (exact) mass is 1280 g/mol. The van der Waals surface area contributed by atoms with E-state index in [-0.39, 0.29) is 57.9 Å². The number of carbonyl (C=O) groups excluding carboxylic acids is 5. The number of aliphatic hydroxyl groups excluding tert-OH is 2. The third-order valence-electron chi connectivity index (χ3n) is 15.7. The van der Waals surface area contributed by atoms with Crippen LogP contribution >= 0.6 is 0 Å². The molecule has 16 heteroatoms. The van der Waals surface area contributed by atoms with Gasteiger partial charge < -0.3 is 52.8 Å². The molecule has 0 aliphatic heterocycles. The lowest BCUT2D eigenvalue weighted by atomic mass is 10.0. The molecule has 0 aliphatic carbocycles. The molecule has 0 rings (SSSR count). The van der Waals surface area contributed by atoms with Crippen LogP contribution in [0.15, 0.2) is 0 Å². The predicted molar refractivity (Wildman–Crippen MR) is 363 cm³/mol. The van der Waals surface area contributed by atoms with E-state index in [2.05, 4.69) is 44.1 Å². The third kappa shape index (κ3) is 87.0. The van der Waals surface area contributed by atoms with Gasteiger partial charge in [-0.1, -0.05) is 311 Å². The van der Waals surface area contributed by atoms with Gasteiger partial charge in [0.1, 0.15) is 32.2 Å². The number of carbonyl (C=O) groups is 5. The third-order valence-corrected chi connectivity index (χ3v) is 15.7. The van der Waals surface area contributed by atoms with Crippen molar-refractivity contribution in [1.29, 1.82) is 0 Å². The first-order chi connectivity index (χ1) is 43.3. The van der Waals surface area contributed by atoms with Crippen LogP contribution in [0.3, 0.4) is 0 Å². The molecule has 2 N–H and O–H groups in total. The zero-order valence-corrected chi connectivity index (χ0v) is 59.4. The van der Waals surface area contributed by atoms with Crippen molar-refractivity contribution in [1.82, 2.24) is 0 Å². The van der Waals surface area contributed by atoms with Crippen LogP contribution in [0.5, 0.6) is 0 Å². The zero-order chi connectivity index (χ0) is 66.6. The molecule has 0 saturated heterocycles. The zero-order valence-electron chi connectivity index (χ0n) is 59.4. The summed E-state index contributed by atoms with van der Waals surface area (Å²) in [6, 6.07) is 0. The Bertz CT molecular complexity index is 1370. The molecule has 0 fully saturated rings. The summed E-state index contributed by atoms with van der Waals surface area (Å²) in [5, 5.41) is 17.7. The lowest BCUT2D eigenvalue weighted by Crippen LogP contribution is -2.28. The maximum absolute atomic E-state index is 12.0. The molecule has 0 aromatic rings. The van der Waals surface area contributed by atoms with Gasteiger partial charge in [-0.2, -0.15) is 0 Å². The van der Waals surface area contributed by atoms with E-state index in [0.29, 0.717) is 31.8 Å². The SMILES string of the molecule is CCCCCCCCCCCCCCCCCC(=O)OCC(C)CC.CCCCCCCCCCCCCCCCCC(=O)OCC(COCOC(C)=O)OCOC.CCCCCCCCCCCCCCCCCC(=O)OCC(O)CO.COC(=O)OC. The topological polar surface area (TPSA) is 209 Å². The number of aliphatic hydroxyl groups is 2. The number of ether oxygens (including phenoxy) is 9. The van der Waals surface area contributed by atoms with Gasteiger partial charge in [0.2, 0.25) is 0 Å². The Morgan fingerprint density at radius 3 is 0.888 bits per heavy atom. The molecule has 3 unspecified atom stereocenters. The van der Waals surface area contributed by atoms with Gasteiger partial charge in [-0.15, -0.1) is 0 Å². The highest BCUT2D eigenvalue weighted by molar-refractivity contribution is 5.70. The Balaban J connectivity index is -0.000000587. The van der Waals surface area contributed by atoms with E-state index in [1.54, 1.807) is 0 Å². The Morgan fingerprint density at radius 2 is 0.640 bits per heavy atom. The molecule has 0 saturated carbocycles. The van der Waals surface area contributed by atoms with Crippen LogP contribution in [0, 0.1) is 5.92 Å². The largest absolute Gasteiger partial charge is 0.507 e. The number of unbranched alkanes of at least 4 members (excludes halogenated alkanes) is 42. The van der Waals surface area contributed by atoms with Crippen LogP contribution in [0.25, 0.3) is 0 Å². The second-order valence-electron chi connectivity index (χ2n) is 24.5. The van der Waals surface area contributed by atoms with Crippen molar-refractivity contribution in [3.8, 4) is 0 Å². The minimum absolute atomic E-state index is 0.00464. The lowest BCUT2D eigenvalue weighted by molar-refractivity contribution is -0.168. The maximum atomic E-state index is 12.0. The van der Waals surface area contributed by atoms with E-state index in [9.17, 15) is 24.0 Å². The van der Waals surface area contributed by atoms with E-state index < -0.39 is 24.3 Å². The summed E-state index contributed by atoms with van der Waals surface area (Å²) in [4.78, 5) is 55.4. The van der Waals surface area contributed by atoms with E-state index in [4.69, 9.17) is 43.4 Å². The van der Waals surface area contributed by atoms with Crippen molar-refractivity contribution in [3.63, 3.8) is 0 Å². The van der Waals surface area contributed by atoms with Gasteiger partial charge in [0.15, 0.2) is 6.79 Å². The molecule has 0 aromatic heterocycles. The summed E-state index contributed by atoms with van der Waals surface area (Å²) in [5.41, 5.74) is 0. The second-order valence-corrected chi connectivity index (χ2v) is 24.5. The summed E-state index contributed by atoms with van der Waals surface area (Å²) in [7, 11) is 4.02. The van der Waals surface area contributed by atoms with E-state index in [1.165, 1.54) is 285 Å². The fraction of sp³-hybridized carbons (Fsp3) is 0.932. The number of hydrogen-bond donors (Lipinski definition) is 2. The number of hydrogen-bond acceptors (Lipinski definition) is 16. The lowest BCUT2D eigenvalue weighted by Gasteiger charge is -2.17. The summed E-state index contributed by atoms with van der Waals surface area (Å²) < 4.78 is 43.7. The normalized spacial score (nSPS) is 11.8. The van der Waals surface area contributed by atoms with Gasteiger partial charge in [-0.05, 0) is 25.2 Å². The molecule has 16 nitrogen and oxygen atoms in total. The standard InChI is InChI=1S/C26H50O7.C23H46O2.C21H42O4.C3H6O3/c1-4-5-6-7-8-9-10-11-12-13-14-15-16-17-18-19-26(28)31-21-25(33-22-29-3)20-30-23-32-24(2)27;1-4-6-7-8-9-10-11-12-13-14-15-16-17-18-19-20-23(24)25-21-22(3)5-2;1-2-3-4-5-6-7-8-9-10-11-12-13-14-15-16-17-21(24)25-19-20(23)18-22;1-5-3(4)6-2/h25H,4-23H2,1-3H3;22H,4-21H2,1-3H3;20,22-23H,2-19H2,1H3;1-2H3. The van der Waals surface area contributed by atoms with Crippen LogP contribution in [0.2, 0.25) is 0 Å². The summed E-state index contributed by atoms with van der Waals surface area (Å²) in [5.74, 6) is -0.433. The molecule has 532 valence electrons. The predicted octanol–water partition coefficient (Wildman–Crippen LogP) is 19.7. The fourth-order valence-corrected chi connectivity index (χ4v) is 9.62. The molecule has 0 aromatic carbocycles. The van der Waals surface area contributed by atoms with Crippen molar-refractivity contribution in [2.75, 3.05) is 67.9 Å². The van der Waals surface area contributed by atoms with Crippen molar-refractivity contribution < 1.29 is 76.8 Å². The first-order valence-electron chi connectivity index (χ1n) is 36.5. The van der Waals surface area contributed by atoms with Gasteiger partial charge in [0.25, 0.3) is 0 Å². The highest BCUT2D eigenvalue weighted by Gasteiger charge is 2.14. The average molecular weight is 1280 g/mol. The highest BCUT2D eigenvalue weighted by Crippen LogP contribution is 2.18. The van der Waals surface area contributed by atoms with Gasteiger partial charge in [0.05, 0.1) is 34.0 Å². The molecule has 0 radical (unpaired) electrons. The van der Waals surface area contributed by atoms with Crippen LogP contribution in [0.4, 0.5) is 4.79 Å². The molecule has 0 aliphatic rings. The molecular weight excluding hydrogens is 1130 g/mol. The van der Waals surface area contributed by atoms with Crippen molar-refractivity contribution in [2.24, 2.45) is 5.92 Å². The molecule has 3 atom stereocenters. The molecule has 0 amide bonds. The first kappa shape index (κ1) is 92.4. The van der Waals surface area contributed by atoms with Gasteiger partial charge in [0, 0.05) is 33.3 Å². The number of rotatable bonds is 63. The number of esters is 4. The van der Waals surface area contributed by atoms with Crippen molar-refractivity contribution in [3.05, 3.63) is 0 Å².